The van der Waals surface area contributed by atoms with Crippen LogP contribution in [-0.2, 0) is 0 Å². The fourth-order valence-corrected chi connectivity index (χ4v) is 3.53. The molecule has 0 aliphatic heterocycles. The minimum atomic E-state index is -0.867. The molecule has 8 nitrogen and oxygen atoms in total. The van der Waals surface area contributed by atoms with Crippen molar-refractivity contribution in [1.29, 1.82) is 0 Å². The summed E-state index contributed by atoms with van der Waals surface area (Å²) < 4.78 is 44.0. The Morgan fingerprint density at radius 2 is 1.91 bits per heavy atom. The van der Waals surface area contributed by atoms with Gasteiger partial charge < -0.3 is 10.3 Å². The molecular formula is C21H14F3N7O. The van der Waals surface area contributed by atoms with Gasteiger partial charge in [0, 0.05) is 6.07 Å². The van der Waals surface area contributed by atoms with Gasteiger partial charge in [0.2, 0.25) is 0 Å². The highest BCUT2D eigenvalue weighted by atomic mass is 19.1. The maximum absolute atomic E-state index is 14.7. The minimum Gasteiger partial charge on any atom is -0.358 e. The number of nitrogens with zero attached hydrogens (tertiary/aromatic N) is 5. The first-order valence-corrected chi connectivity index (χ1v) is 9.51. The van der Waals surface area contributed by atoms with Crippen LogP contribution in [0, 0.1) is 17.5 Å². The Kier molecular flexibility index (Phi) is 4.58. The predicted octanol–water partition coefficient (Wildman–Crippen LogP) is 3.64. The van der Waals surface area contributed by atoms with Crippen LogP contribution >= 0.6 is 0 Å². The molecule has 0 aliphatic rings. The van der Waals surface area contributed by atoms with Gasteiger partial charge in [-0.05, 0) is 31.2 Å². The zero-order valence-electron chi connectivity index (χ0n) is 16.5. The van der Waals surface area contributed by atoms with E-state index < -0.39 is 29.1 Å². The molecule has 0 bridgehead atoms. The first-order chi connectivity index (χ1) is 15.4. The number of nitrogens with one attached hydrogen (secondary N) is 2. The summed E-state index contributed by atoms with van der Waals surface area (Å²) in [7, 11) is 0. The zero-order chi connectivity index (χ0) is 22.4. The highest BCUT2D eigenvalue weighted by Gasteiger charge is 2.23. The van der Waals surface area contributed by atoms with E-state index in [9.17, 15) is 18.0 Å². The summed E-state index contributed by atoms with van der Waals surface area (Å²) in [5.74, 6) is -2.08. The van der Waals surface area contributed by atoms with Gasteiger partial charge in [-0.1, -0.05) is 6.07 Å². The van der Waals surface area contributed by atoms with Crippen molar-refractivity contribution in [2.24, 2.45) is 0 Å². The minimum absolute atomic E-state index is 0.0277. The van der Waals surface area contributed by atoms with Crippen molar-refractivity contribution in [3.8, 4) is 5.69 Å². The highest BCUT2D eigenvalue weighted by molar-refractivity contribution is 5.82. The second kappa shape index (κ2) is 7.45. The molecule has 2 aromatic carbocycles. The van der Waals surface area contributed by atoms with Crippen LogP contribution in [0.1, 0.15) is 18.8 Å². The normalized spacial score (nSPS) is 12.4. The second-order valence-electron chi connectivity index (χ2n) is 7.03. The second-order valence-corrected chi connectivity index (χ2v) is 7.03. The largest absolute Gasteiger partial charge is 0.358 e. The monoisotopic (exact) mass is 437 g/mol. The van der Waals surface area contributed by atoms with Crippen molar-refractivity contribution in [2.75, 3.05) is 5.32 Å². The number of halogens is 3. The van der Waals surface area contributed by atoms with Gasteiger partial charge >= 0.3 is 0 Å². The molecule has 5 aromatic rings. The number of anilines is 1. The molecule has 0 saturated carbocycles. The molecule has 0 saturated heterocycles. The molecule has 3 aromatic heterocycles. The van der Waals surface area contributed by atoms with Crippen LogP contribution in [0.4, 0.5) is 19.0 Å². The smallest absolute Gasteiger partial charge is 0.269 e. The van der Waals surface area contributed by atoms with E-state index in [1.807, 2.05) is 0 Å². The molecule has 0 radical (unpaired) electrons. The van der Waals surface area contributed by atoms with E-state index in [4.69, 9.17) is 0 Å². The fraction of sp³-hybridized carbons (Fsp3) is 0.0952. The molecule has 0 fully saturated rings. The Labute approximate surface area is 177 Å². The van der Waals surface area contributed by atoms with Gasteiger partial charge in [-0.3, -0.25) is 9.36 Å². The third-order valence-electron chi connectivity index (χ3n) is 4.98. The van der Waals surface area contributed by atoms with Crippen molar-refractivity contribution in [2.45, 2.75) is 13.0 Å². The molecular weight excluding hydrogens is 423 g/mol. The van der Waals surface area contributed by atoms with E-state index in [0.717, 1.165) is 28.8 Å². The summed E-state index contributed by atoms with van der Waals surface area (Å²) in [5, 5.41) is 2.74. The highest BCUT2D eigenvalue weighted by Crippen LogP contribution is 2.25. The number of imidazole rings is 1. The molecule has 160 valence electrons. The topological polar surface area (TPSA) is 101 Å². The summed E-state index contributed by atoms with van der Waals surface area (Å²) in [6, 6.07) is 5.92. The van der Waals surface area contributed by atoms with Crippen LogP contribution < -0.4 is 10.9 Å². The van der Waals surface area contributed by atoms with Crippen LogP contribution in [0.25, 0.3) is 27.8 Å². The van der Waals surface area contributed by atoms with Crippen molar-refractivity contribution in [3.63, 3.8) is 0 Å². The lowest BCUT2D eigenvalue weighted by Crippen LogP contribution is -2.28. The number of hydrogen-bond acceptors (Lipinski definition) is 6. The molecule has 1 atom stereocenters. The number of rotatable bonds is 4. The van der Waals surface area contributed by atoms with E-state index in [1.54, 1.807) is 6.92 Å². The molecule has 2 N–H and O–H groups in total. The summed E-state index contributed by atoms with van der Waals surface area (Å²) in [4.78, 5) is 32.9. The van der Waals surface area contributed by atoms with E-state index in [1.165, 1.54) is 24.8 Å². The number of fused-ring (bicyclic) bond motifs is 2. The molecule has 32 heavy (non-hydrogen) atoms. The van der Waals surface area contributed by atoms with E-state index in [-0.39, 0.29) is 22.4 Å². The maximum atomic E-state index is 14.7. The zero-order valence-corrected chi connectivity index (χ0v) is 16.5. The number of H-pyrrole nitrogens is 1. The summed E-state index contributed by atoms with van der Waals surface area (Å²) in [6.07, 6.45) is 2.77. The molecule has 0 amide bonds. The van der Waals surface area contributed by atoms with Crippen LogP contribution in [0.2, 0.25) is 0 Å². The number of aromatic amines is 1. The van der Waals surface area contributed by atoms with Crippen LogP contribution in [-0.4, -0.2) is 29.5 Å². The van der Waals surface area contributed by atoms with Crippen LogP contribution in [0.15, 0.2) is 53.8 Å². The number of aromatic nitrogens is 6. The molecule has 3 heterocycles. The van der Waals surface area contributed by atoms with Gasteiger partial charge in [-0.25, -0.2) is 33.1 Å². The SMILES string of the molecule is CC(Nc1ncnc2[nH]cnc12)c1nc2cccc(F)c2c(=O)n1-c1cc(F)ccc1F. The Morgan fingerprint density at radius 3 is 2.75 bits per heavy atom. The van der Waals surface area contributed by atoms with Crippen molar-refractivity contribution in [1.82, 2.24) is 29.5 Å². The number of hydrogen-bond donors (Lipinski definition) is 2. The third kappa shape index (κ3) is 3.14. The lowest BCUT2D eigenvalue weighted by molar-refractivity contribution is 0.583. The van der Waals surface area contributed by atoms with Gasteiger partial charge in [0.1, 0.15) is 40.5 Å². The predicted molar refractivity (Wildman–Crippen MR) is 111 cm³/mol. The van der Waals surface area contributed by atoms with Crippen LogP contribution in [0.3, 0.4) is 0 Å². The Morgan fingerprint density at radius 1 is 1.06 bits per heavy atom. The Balaban J connectivity index is 1.75. The average molecular weight is 437 g/mol. The van der Waals surface area contributed by atoms with Crippen molar-refractivity contribution < 1.29 is 13.2 Å². The lowest BCUT2D eigenvalue weighted by atomic mass is 10.2. The van der Waals surface area contributed by atoms with Gasteiger partial charge in [-0.2, -0.15) is 0 Å². The van der Waals surface area contributed by atoms with Gasteiger partial charge in [0.05, 0.1) is 23.6 Å². The Hall–Kier alpha value is -4.28. The van der Waals surface area contributed by atoms with E-state index >= 15 is 0 Å². The van der Waals surface area contributed by atoms with E-state index in [2.05, 4.69) is 30.2 Å². The maximum Gasteiger partial charge on any atom is 0.269 e. The van der Waals surface area contributed by atoms with Crippen molar-refractivity contribution >= 4 is 27.9 Å². The molecule has 11 heteroatoms. The Bertz CT molecular complexity index is 1550. The lowest BCUT2D eigenvalue weighted by Gasteiger charge is -2.20. The van der Waals surface area contributed by atoms with Gasteiger partial charge in [0.25, 0.3) is 5.56 Å². The van der Waals surface area contributed by atoms with Crippen LogP contribution in [0.5, 0.6) is 0 Å². The molecule has 0 spiro atoms. The van der Waals surface area contributed by atoms with Crippen molar-refractivity contribution in [3.05, 3.63) is 82.7 Å². The molecule has 5 rings (SSSR count). The molecule has 0 aliphatic carbocycles. The van der Waals surface area contributed by atoms with Gasteiger partial charge in [0.15, 0.2) is 11.5 Å². The first-order valence-electron chi connectivity index (χ1n) is 9.51. The number of benzene rings is 2. The molecule has 1 unspecified atom stereocenters. The standard InChI is InChI=1S/C21H14F3N7O/c1-10(29-19-17-18(26-8-25-17)27-9-28-19)20-30-14-4-2-3-13(24)16(14)21(32)31(20)15-7-11(22)5-6-12(15)23/h2-10H,1H3,(H2,25,26,27,28,29). The summed E-state index contributed by atoms with van der Waals surface area (Å²) >= 11 is 0. The fourth-order valence-electron chi connectivity index (χ4n) is 3.53. The van der Waals surface area contributed by atoms with Gasteiger partial charge in [-0.15, -0.1) is 0 Å². The van der Waals surface area contributed by atoms with E-state index in [0.29, 0.717) is 17.0 Å². The average Bonchev–Trinajstić information content (AvgIpc) is 3.25. The third-order valence-corrected chi connectivity index (χ3v) is 4.98. The first kappa shape index (κ1) is 19.7. The summed E-state index contributed by atoms with van der Waals surface area (Å²) in [5.41, 5.74) is -0.245. The quantitative estimate of drug-likeness (QED) is 0.445. The summed E-state index contributed by atoms with van der Waals surface area (Å²) in [6.45, 7) is 1.65.